The monoisotopic (exact) mass is 283 g/mol. The van der Waals surface area contributed by atoms with Crippen molar-refractivity contribution < 1.29 is 5.11 Å². The largest absolute Gasteiger partial charge is 0.395 e. The molecule has 5 heteroatoms. The topological polar surface area (TPSA) is 39.6 Å². The Balaban J connectivity index is 1.81. The zero-order valence-corrected chi connectivity index (χ0v) is 12.2. The molecule has 2 heterocycles. The number of piperazine rings is 1. The molecule has 0 radical (unpaired) electrons. The number of aromatic nitrogens is 1. The predicted octanol–water partition coefficient (Wildman–Crippen LogP) is 1.62. The van der Waals surface area contributed by atoms with E-state index in [1.165, 1.54) is 5.56 Å². The lowest BCUT2D eigenvalue weighted by atomic mass is 10.1. The summed E-state index contributed by atoms with van der Waals surface area (Å²) in [4.78, 5) is 8.92. The summed E-state index contributed by atoms with van der Waals surface area (Å²) < 4.78 is 0. The second-order valence-corrected chi connectivity index (χ2v) is 5.43. The maximum atomic E-state index is 9.33. The molecule has 0 aliphatic carbocycles. The minimum atomic E-state index is 0.262. The average Bonchev–Trinajstić information content (AvgIpc) is 2.44. The van der Waals surface area contributed by atoms with E-state index in [1.54, 1.807) is 0 Å². The van der Waals surface area contributed by atoms with Gasteiger partial charge in [0.2, 0.25) is 0 Å². The number of rotatable bonds is 5. The zero-order chi connectivity index (χ0) is 13.7. The molecule has 0 amide bonds. The van der Waals surface area contributed by atoms with Gasteiger partial charge in [0.15, 0.2) is 0 Å². The Morgan fingerprint density at radius 3 is 2.58 bits per heavy atom. The van der Waals surface area contributed by atoms with Crippen LogP contribution in [0.4, 0.5) is 0 Å². The molecule has 0 saturated carbocycles. The van der Waals surface area contributed by atoms with Gasteiger partial charge in [-0.3, -0.25) is 9.80 Å². The zero-order valence-electron chi connectivity index (χ0n) is 11.4. The van der Waals surface area contributed by atoms with Crippen molar-refractivity contribution in [3.05, 3.63) is 29.0 Å². The van der Waals surface area contributed by atoms with E-state index < -0.39 is 0 Å². The van der Waals surface area contributed by atoms with Crippen LogP contribution in [0.5, 0.6) is 0 Å². The van der Waals surface area contributed by atoms with E-state index in [0.717, 1.165) is 39.1 Å². The molecule has 1 atom stereocenters. The van der Waals surface area contributed by atoms with Crippen molar-refractivity contribution in [1.82, 2.24) is 14.8 Å². The van der Waals surface area contributed by atoms with Gasteiger partial charge >= 0.3 is 0 Å². The minimum Gasteiger partial charge on any atom is -0.395 e. The minimum absolute atomic E-state index is 0.262. The van der Waals surface area contributed by atoms with Gasteiger partial charge in [0.25, 0.3) is 0 Å². The maximum Gasteiger partial charge on any atom is 0.129 e. The van der Waals surface area contributed by atoms with Crippen molar-refractivity contribution >= 4 is 11.6 Å². The van der Waals surface area contributed by atoms with Crippen LogP contribution < -0.4 is 0 Å². The molecule has 0 bridgehead atoms. The van der Waals surface area contributed by atoms with Gasteiger partial charge in [0.05, 0.1) is 6.61 Å². The number of aliphatic hydroxyl groups excluding tert-OH is 1. The van der Waals surface area contributed by atoms with E-state index >= 15 is 0 Å². The smallest absolute Gasteiger partial charge is 0.129 e. The molecule has 1 unspecified atom stereocenters. The molecule has 1 saturated heterocycles. The molecule has 19 heavy (non-hydrogen) atoms. The lowest BCUT2D eigenvalue weighted by Gasteiger charge is -2.38. The number of hydrogen-bond acceptors (Lipinski definition) is 4. The first-order valence-corrected chi connectivity index (χ1v) is 7.28. The normalized spacial score (nSPS) is 19.5. The summed E-state index contributed by atoms with van der Waals surface area (Å²) in [5.41, 5.74) is 1.20. The Morgan fingerprint density at radius 2 is 2.05 bits per heavy atom. The molecule has 4 nitrogen and oxygen atoms in total. The van der Waals surface area contributed by atoms with Crippen molar-refractivity contribution in [3.8, 4) is 0 Å². The maximum absolute atomic E-state index is 9.33. The lowest BCUT2D eigenvalue weighted by molar-refractivity contribution is 0.0608. The Hall–Kier alpha value is -0.680. The molecular formula is C14H22ClN3O. The Labute approximate surface area is 120 Å². The fourth-order valence-corrected chi connectivity index (χ4v) is 2.66. The van der Waals surface area contributed by atoms with Crippen molar-refractivity contribution in [1.29, 1.82) is 0 Å². The second-order valence-electron chi connectivity index (χ2n) is 5.05. The third-order valence-corrected chi connectivity index (χ3v) is 4.02. The first-order chi connectivity index (χ1) is 9.22. The van der Waals surface area contributed by atoms with E-state index in [4.69, 9.17) is 11.6 Å². The first-order valence-electron chi connectivity index (χ1n) is 6.90. The molecule has 0 aromatic carbocycles. The highest BCUT2D eigenvalue weighted by atomic mass is 35.5. The van der Waals surface area contributed by atoms with Crippen molar-refractivity contribution in [3.63, 3.8) is 0 Å². The number of hydrogen-bond donors (Lipinski definition) is 1. The molecule has 1 N–H and O–H groups in total. The molecule has 1 aromatic heterocycles. The van der Waals surface area contributed by atoms with Crippen LogP contribution in [0, 0.1) is 0 Å². The van der Waals surface area contributed by atoms with Gasteiger partial charge < -0.3 is 5.11 Å². The van der Waals surface area contributed by atoms with Gasteiger partial charge in [0, 0.05) is 45.0 Å². The van der Waals surface area contributed by atoms with Gasteiger partial charge in [-0.1, -0.05) is 24.6 Å². The summed E-state index contributed by atoms with van der Waals surface area (Å²) in [5.74, 6) is 0. The number of nitrogens with zero attached hydrogens (tertiary/aromatic N) is 3. The molecule has 1 aliphatic heterocycles. The van der Waals surface area contributed by atoms with Crippen LogP contribution in [0.1, 0.15) is 18.9 Å². The summed E-state index contributed by atoms with van der Waals surface area (Å²) in [6, 6.07) is 4.19. The Morgan fingerprint density at radius 1 is 1.32 bits per heavy atom. The van der Waals surface area contributed by atoms with Crippen LogP contribution in [0.25, 0.3) is 0 Å². The molecule has 2 rings (SSSR count). The average molecular weight is 284 g/mol. The van der Waals surface area contributed by atoms with Gasteiger partial charge in [-0.2, -0.15) is 0 Å². The summed E-state index contributed by atoms with van der Waals surface area (Å²) in [7, 11) is 0. The third-order valence-electron chi connectivity index (χ3n) is 3.80. The second kappa shape index (κ2) is 7.20. The van der Waals surface area contributed by atoms with E-state index in [0.29, 0.717) is 11.2 Å². The van der Waals surface area contributed by atoms with Crippen molar-refractivity contribution in [2.24, 2.45) is 0 Å². The Bertz CT molecular complexity index is 373. The van der Waals surface area contributed by atoms with Crippen LogP contribution in [0.2, 0.25) is 5.15 Å². The van der Waals surface area contributed by atoms with Crippen LogP contribution in [-0.4, -0.2) is 58.7 Å². The predicted molar refractivity (Wildman–Crippen MR) is 77.3 cm³/mol. The summed E-state index contributed by atoms with van der Waals surface area (Å²) >= 11 is 5.79. The highest BCUT2D eigenvalue weighted by Gasteiger charge is 2.22. The van der Waals surface area contributed by atoms with Gasteiger partial charge in [-0.25, -0.2) is 4.98 Å². The molecule has 1 fully saturated rings. The highest BCUT2D eigenvalue weighted by Crippen LogP contribution is 2.12. The molecule has 0 spiro atoms. The first kappa shape index (κ1) is 14.7. The van der Waals surface area contributed by atoms with Crippen molar-refractivity contribution in [2.45, 2.75) is 25.9 Å². The molecule has 1 aliphatic rings. The van der Waals surface area contributed by atoms with Crippen LogP contribution in [0.15, 0.2) is 18.3 Å². The van der Waals surface area contributed by atoms with Gasteiger partial charge in [0.1, 0.15) is 5.15 Å². The van der Waals surface area contributed by atoms with Gasteiger partial charge in [-0.15, -0.1) is 0 Å². The summed E-state index contributed by atoms with van der Waals surface area (Å²) in [6.45, 7) is 7.45. The SMILES string of the molecule is CCC(CO)N1CCN(Cc2ccc(Cl)nc2)CC1. The highest BCUT2D eigenvalue weighted by molar-refractivity contribution is 6.29. The number of aliphatic hydroxyl groups is 1. The lowest BCUT2D eigenvalue weighted by Crippen LogP contribution is -2.50. The van der Waals surface area contributed by atoms with Gasteiger partial charge in [-0.05, 0) is 18.1 Å². The van der Waals surface area contributed by atoms with Crippen LogP contribution >= 0.6 is 11.6 Å². The van der Waals surface area contributed by atoms with E-state index in [2.05, 4.69) is 21.7 Å². The van der Waals surface area contributed by atoms with E-state index in [1.807, 2.05) is 18.3 Å². The fourth-order valence-electron chi connectivity index (χ4n) is 2.55. The van der Waals surface area contributed by atoms with Crippen LogP contribution in [0.3, 0.4) is 0 Å². The molecule has 1 aromatic rings. The number of pyridine rings is 1. The fraction of sp³-hybridized carbons (Fsp3) is 0.643. The molecule has 106 valence electrons. The molecular weight excluding hydrogens is 262 g/mol. The van der Waals surface area contributed by atoms with E-state index in [9.17, 15) is 5.11 Å². The third kappa shape index (κ3) is 4.14. The van der Waals surface area contributed by atoms with Crippen LogP contribution in [-0.2, 0) is 6.54 Å². The summed E-state index contributed by atoms with van der Waals surface area (Å²) in [6.07, 6.45) is 2.86. The Kier molecular flexibility index (Phi) is 5.58. The standard InChI is InChI=1S/C14H22ClN3O/c1-2-13(11-19)18-7-5-17(6-8-18)10-12-3-4-14(15)16-9-12/h3-4,9,13,19H,2,5-8,10-11H2,1H3. The van der Waals surface area contributed by atoms with Crippen molar-refractivity contribution in [2.75, 3.05) is 32.8 Å². The van der Waals surface area contributed by atoms with E-state index in [-0.39, 0.29) is 6.61 Å². The summed E-state index contributed by atoms with van der Waals surface area (Å²) in [5, 5.41) is 9.87. The quantitative estimate of drug-likeness (QED) is 0.834. The number of halogens is 1.